The van der Waals surface area contributed by atoms with Gasteiger partial charge >= 0.3 is 0 Å². The third-order valence-corrected chi connectivity index (χ3v) is 3.06. The highest BCUT2D eigenvalue weighted by molar-refractivity contribution is 5.96. The number of para-hydroxylation sites is 1. The molecule has 3 aromatic rings. The number of aromatic nitrogens is 2. The summed E-state index contributed by atoms with van der Waals surface area (Å²) in [5, 5.41) is 0.994. The van der Waals surface area contributed by atoms with Crippen LogP contribution in [0.1, 0.15) is 15.9 Å². The third-order valence-electron chi connectivity index (χ3n) is 3.06. The number of rotatable bonds is 3. The maximum absolute atomic E-state index is 13.1. The molecule has 4 heteroatoms. The monoisotopic (exact) mass is 254 g/mol. The number of carbonyl (C=O) groups excluding carboxylic acids is 1. The smallest absolute Gasteiger partial charge is 0.152 e. The molecule has 94 valence electrons. The Balaban J connectivity index is 2.08. The molecule has 0 amide bonds. The molecule has 3 nitrogen and oxygen atoms in total. The van der Waals surface area contributed by atoms with Crippen LogP contribution in [0.25, 0.3) is 10.9 Å². The van der Waals surface area contributed by atoms with Crippen LogP contribution < -0.4 is 0 Å². The van der Waals surface area contributed by atoms with Crippen molar-refractivity contribution in [1.29, 1.82) is 0 Å². The number of nitrogens with zero attached hydrogens (tertiary/aromatic N) is 2. The van der Waals surface area contributed by atoms with Gasteiger partial charge in [0.1, 0.15) is 5.82 Å². The minimum absolute atomic E-state index is 0.357. The first-order valence-electron chi connectivity index (χ1n) is 5.90. The summed E-state index contributed by atoms with van der Waals surface area (Å²) < 4.78 is 15.1. The van der Waals surface area contributed by atoms with Gasteiger partial charge in [-0.05, 0) is 23.8 Å². The van der Waals surface area contributed by atoms with Gasteiger partial charge in [-0.2, -0.15) is 0 Å². The van der Waals surface area contributed by atoms with Crippen LogP contribution in [0.5, 0.6) is 0 Å². The fraction of sp³-hybridized carbons (Fsp3) is 0.0667. The van der Waals surface area contributed by atoms with Crippen molar-refractivity contribution >= 4 is 17.2 Å². The molecule has 0 radical (unpaired) electrons. The van der Waals surface area contributed by atoms with Crippen LogP contribution in [0.15, 0.2) is 48.9 Å². The molecule has 0 saturated heterocycles. The van der Waals surface area contributed by atoms with Crippen LogP contribution in [0.2, 0.25) is 0 Å². The van der Waals surface area contributed by atoms with Crippen molar-refractivity contribution in [1.82, 2.24) is 9.55 Å². The number of hydrogen-bond acceptors (Lipinski definition) is 2. The van der Waals surface area contributed by atoms with Gasteiger partial charge in [0.2, 0.25) is 0 Å². The van der Waals surface area contributed by atoms with Gasteiger partial charge in [-0.15, -0.1) is 0 Å². The highest BCUT2D eigenvalue weighted by Crippen LogP contribution is 2.20. The lowest BCUT2D eigenvalue weighted by Crippen LogP contribution is -2.00. The molecule has 3 rings (SSSR count). The molecule has 0 bridgehead atoms. The van der Waals surface area contributed by atoms with Crippen molar-refractivity contribution in [2.75, 3.05) is 0 Å². The molecule has 0 aliphatic heterocycles. The minimum Gasteiger partial charge on any atom is -0.342 e. The van der Waals surface area contributed by atoms with Gasteiger partial charge in [0.15, 0.2) is 6.29 Å². The lowest BCUT2D eigenvalue weighted by Gasteiger charge is -2.07. The Kier molecular flexibility index (Phi) is 2.83. The number of carbonyl (C=O) groups is 1. The van der Waals surface area contributed by atoms with Crippen molar-refractivity contribution < 1.29 is 9.18 Å². The number of fused-ring (bicyclic) bond motifs is 1. The van der Waals surface area contributed by atoms with Crippen LogP contribution in [0.4, 0.5) is 4.39 Å². The van der Waals surface area contributed by atoms with E-state index in [1.807, 2.05) is 29.0 Å². The van der Waals surface area contributed by atoms with Gasteiger partial charge in [-0.1, -0.05) is 12.1 Å². The zero-order chi connectivity index (χ0) is 13.2. The normalized spacial score (nSPS) is 10.8. The predicted molar refractivity (Wildman–Crippen MR) is 70.6 cm³/mol. The van der Waals surface area contributed by atoms with Crippen molar-refractivity contribution in [3.05, 3.63) is 65.9 Å². The zero-order valence-electron chi connectivity index (χ0n) is 10.1. The SMILES string of the molecule is O=Cc1cccc2ccn(Cc3cncc(F)c3)c12. The van der Waals surface area contributed by atoms with Crippen molar-refractivity contribution in [3.8, 4) is 0 Å². The molecule has 0 spiro atoms. The van der Waals surface area contributed by atoms with Crippen LogP contribution >= 0.6 is 0 Å². The van der Waals surface area contributed by atoms with E-state index in [0.29, 0.717) is 12.1 Å². The van der Waals surface area contributed by atoms with E-state index in [1.54, 1.807) is 12.3 Å². The summed E-state index contributed by atoms with van der Waals surface area (Å²) in [4.78, 5) is 14.9. The quantitative estimate of drug-likeness (QED) is 0.673. The van der Waals surface area contributed by atoms with E-state index >= 15 is 0 Å². The molecule has 0 aliphatic rings. The average Bonchev–Trinajstić information content (AvgIpc) is 2.82. The van der Waals surface area contributed by atoms with Gasteiger partial charge in [0.05, 0.1) is 11.7 Å². The van der Waals surface area contributed by atoms with Gasteiger partial charge in [-0.3, -0.25) is 9.78 Å². The summed E-state index contributed by atoms with van der Waals surface area (Å²) in [7, 11) is 0. The highest BCUT2D eigenvalue weighted by Gasteiger charge is 2.07. The predicted octanol–water partition coefficient (Wildman–Crippen LogP) is 3.04. The van der Waals surface area contributed by atoms with Gasteiger partial charge in [0.25, 0.3) is 0 Å². The molecule has 0 saturated carbocycles. The Bertz CT molecular complexity index is 749. The topological polar surface area (TPSA) is 34.9 Å². The Hall–Kier alpha value is -2.49. The summed E-state index contributed by atoms with van der Waals surface area (Å²) in [5.74, 6) is -0.357. The van der Waals surface area contributed by atoms with E-state index in [4.69, 9.17) is 0 Å². The third kappa shape index (κ3) is 2.12. The maximum atomic E-state index is 13.1. The minimum atomic E-state index is -0.357. The summed E-state index contributed by atoms with van der Waals surface area (Å²) in [6.07, 6.45) is 5.53. The van der Waals surface area contributed by atoms with Crippen LogP contribution in [0, 0.1) is 5.82 Å². The molecule has 0 atom stereocenters. The van der Waals surface area contributed by atoms with E-state index < -0.39 is 0 Å². The molecule has 19 heavy (non-hydrogen) atoms. The Morgan fingerprint density at radius 1 is 1.26 bits per heavy atom. The molecule has 0 unspecified atom stereocenters. The molecular formula is C15H11FN2O. The fourth-order valence-corrected chi connectivity index (χ4v) is 2.26. The Labute approximate surface area is 109 Å². The number of pyridine rings is 1. The second kappa shape index (κ2) is 4.65. The van der Waals surface area contributed by atoms with Crippen molar-refractivity contribution in [3.63, 3.8) is 0 Å². The first kappa shape index (κ1) is 11.6. The lowest BCUT2D eigenvalue weighted by molar-refractivity contribution is 0.112. The molecule has 1 aromatic carbocycles. The second-order valence-electron chi connectivity index (χ2n) is 4.36. The van der Waals surface area contributed by atoms with E-state index in [1.165, 1.54) is 12.3 Å². The number of benzene rings is 1. The fourth-order valence-electron chi connectivity index (χ4n) is 2.26. The first-order valence-corrected chi connectivity index (χ1v) is 5.90. The Morgan fingerprint density at radius 2 is 2.16 bits per heavy atom. The summed E-state index contributed by atoms with van der Waals surface area (Å²) >= 11 is 0. The second-order valence-corrected chi connectivity index (χ2v) is 4.36. The summed E-state index contributed by atoms with van der Waals surface area (Å²) in [5.41, 5.74) is 2.26. The number of aldehydes is 1. The van der Waals surface area contributed by atoms with E-state index in [2.05, 4.69) is 4.98 Å². The van der Waals surface area contributed by atoms with Gasteiger partial charge in [0, 0.05) is 29.9 Å². The molecule has 2 aromatic heterocycles. The van der Waals surface area contributed by atoms with Crippen LogP contribution in [0.3, 0.4) is 0 Å². The van der Waals surface area contributed by atoms with Gasteiger partial charge < -0.3 is 4.57 Å². The standard InChI is InChI=1S/C15H11FN2O/c16-14-6-11(7-17-8-14)9-18-5-4-12-2-1-3-13(10-19)15(12)18/h1-8,10H,9H2. The van der Waals surface area contributed by atoms with Crippen molar-refractivity contribution in [2.45, 2.75) is 6.54 Å². The average molecular weight is 254 g/mol. The molecule has 0 aliphatic carbocycles. The molecule has 0 N–H and O–H groups in total. The van der Waals surface area contributed by atoms with Gasteiger partial charge in [-0.25, -0.2) is 4.39 Å². The van der Waals surface area contributed by atoms with Crippen molar-refractivity contribution in [2.24, 2.45) is 0 Å². The highest BCUT2D eigenvalue weighted by atomic mass is 19.1. The number of hydrogen-bond donors (Lipinski definition) is 0. The van der Waals surface area contributed by atoms with Crippen LogP contribution in [-0.4, -0.2) is 15.8 Å². The Morgan fingerprint density at radius 3 is 2.95 bits per heavy atom. The van der Waals surface area contributed by atoms with E-state index in [0.717, 1.165) is 22.8 Å². The molecule has 0 fully saturated rings. The zero-order valence-corrected chi connectivity index (χ0v) is 10.1. The summed E-state index contributed by atoms with van der Waals surface area (Å²) in [6, 6.07) is 8.95. The summed E-state index contributed by atoms with van der Waals surface area (Å²) in [6.45, 7) is 0.485. The van der Waals surface area contributed by atoms with E-state index in [9.17, 15) is 9.18 Å². The van der Waals surface area contributed by atoms with E-state index in [-0.39, 0.29) is 5.82 Å². The largest absolute Gasteiger partial charge is 0.342 e. The lowest BCUT2D eigenvalue weighted by atomic mass is 10.1. The number of halogens is 1. The maximum Gasteiger partial charge on any atom is 0.152 e. The van der Waals surface area contributed by atoms with Crippen LogP contribution in [-0.2, 0) is 6.54 Å². The first-order chi connectivity index (χ1) is 9.28. The molecular weight excluding hydrogens is 243 g/mol. The molecule has 2 heterocycles.